The van der Waals surface area contributed by atoms with Crippen LogP contribution in [-0.2, 0) is 17.3 Å². The van der Waals surface area contributed by atoms with E-state index in [0.29, 0.717) is 0 Å². The number of hydrogen-bond donors (Lipinski definition) is 0. The molecular formula is C29H36S2. The van der Waals surface area contributed by atoms with E-state index < -0.39 is 0 Å². The van der Waals surface area contributed by atoms with E-state index in [1.807, 2.05) is 28.7 Å². The maximum absolute atomic E-state index is 4.05. The molecule has 0 aliphatic rings. The molecule has 0 N–H and O–H groups in total. The van der Waals surface area contributed by atoms with E-state index in [1.54, 1.807) is 0 Å². The topological polar surface area (TPSA) is 0 Å². The van der Waals surface area contributed by atoms with Crippen molar-refractivity contribution in [2.45, 2.75) is 72.1 Å². The Morgan fingerprint density at radius 2 is 1.45 bits per heavy atom. The minimum atomic E-state index is 0.0887. The van der Waals surface area contributed by atoms with Gasteiger partial charge in [-0.05, 0) is 65.0 Å². The number of rotatable bonds is 6. The van der Waals surface area contributed by atoms with Gasteiger partial charge < -0.3 is 0 Å². The molecular weight excluding hydrogens is 412 g/mol. The summed E-state index contributed by atoms with van der Waals surface area (Å²) in [6, 6.07) is 13.5. The number of benzene rings is 1. The highest BCUT2D eigenvalue weighted by atomic mass is 32.1. The van der Waals surface area contributed by atoms with Crippen LogP contribution in [0.15, 0.2) is 55.1 Å². The Morgan fingerprint density at radius 1 is 0.839 bits per heavy atom. The molecule has 0 nitrogen and oxygen atoms in total. The number of hydrogen-bond acceptors (Lipinski definition) is 2. The van der Waals surface area contributed by atoms with Gasteiger partial charge in [0.15, 0.2) is 0 Å². The first-order valence-electron chi connectivity index (χ1n) is 11.2. The maximum Gasteiger partial charge on any atom is 0.0452 e. The summed E-state index contributed by atoms with van der Waals surface area (Å²) in [7, 11) is 0. The van der Waals surface area contributed by atoms with Crippen LogP contribution in [0, 0.1) is 0 Å². The summed E-state index contributed by atoms with van der Waals surface area (Å²) >= 11 is 3.94. The summed E-state index contributed by atoms with van der Waals surface area (Å²) < 4.78 is 0. The third-order valence-electron chi connectivity index (χ3n) is 5.43. The van der Waals surface area contributed by atoms with Crippen molar-refractivity contribution in [3.8, 4) is 20.9 Å². The van der Waals surface area contributed by atoms with E-state index in [9.17, 15) is 0 Å². The lowest BCUT2D eigenvalue weighted by atomic mass is 9.88. The van der Waals surface area contributed by atoms with Crippen molar-refractivity contribution in [1.82, 2.24) is 0 Å². The van der Waals surface area contributed by atoms with E-state index in [4.69, 9.17) is 0 Å². The summed E-state index contributed by atoms with van der Waals surface area (Å²) in [4.78, 5) is 5.74. The molecule has 3 rings (SSSR count). The number of allylic oxidation sites excluding steroid dienone is 2. The van der Waals surface area contributed by atoms with Gasteiger partial charge in [0.05, 0.1) is 0 Å². The summed E-state index contributed by atoms with van der Waals surface area (Å²) in [6.45, 7) is 20.1. The first kappa shape index (κ1) is 23.8. The first-order valence-corrected chi connectivity index (χ1v) is 12.8. The molecule has 3 aromatic rings. The lowest BCUT2D eigenvalue weighted by Gasteiger charge is -2.19. The Labute approximate surface area is 197 Å². The minimum absolute atomic E-state index is 0.0887. The number of thiophene rings is 2. The fraction of sp³-hybridized carbons (Fsp3) is 0.379. The molecule has 2 heterocycles. The summed E-state index contributed by atoms with van der Waals surface area (Å²) in [6.07, 6.45) is 8.61. The third-order valence-corrected chi connectivity index (χ3v) is 8.79. The normalized spacial score (nSPS) is 12.6. The predicted octanol–water partition coefficient (Wildman–Crippen LogP) is 9.89. The van der Waals surface area contributed by atoms with Crippen LogP contribution in [0.1, 0.15) is 75.8 Å². The van der Waals surface area contributed by atoms with E-state index in [2.05, 4.69) is 104 Å². The van der Waals surface area contributed by atoms with Gasteiger partial charge in [0, 0.05) is 19.5 Å². The van der Waals surface area contributed by atoms with Gasteiger partial charge in [-0.25, -0.2) is 0 Å². The van der Waals surface area contributed by atoms with Crippen molar-refractivity contribution < 1.29 is 0 Å². The predicted molar refractivity (Wildman–Crippen MR) is 144 cm³/mol. The molecule has 1 aromatic carbocycles. The van der Waals surface area contributed by atoms with E-state index in [1.165, 1.54) is 41.8 Å². The third kappa shape index (κ3) is 5.30. The molecule has 31 heavy (non-hydrogen) atoms. The summed E-state index contributed by atoms with van der Waals surface area (Å²) in [5, 5.41) is 0. The molecule has 2 heteroatoms. The molecule has 0 radical (unpaired) electrons. The quantitative estimate of drug-likeness (QED) is 0.329. The zero-order valence-corrected chi connectivity index (χ0v) is 21.8. The first-order chi connectivity index (χ1) is 14.6. The van der Waals surface area contributed by atoms with Crippen LogP contribution in [-0.4, -0.2) is 0 Å². The maximum atomic E-state index is 4.05. The molecule has 0 aliphatic carbocycles. The Kier molecular flexibility index (Phi) is 7.13. The van der Waals surface area contributed by atoms with Crippen LogP contribution in [0.25, 0.3) is 27.0 Å². The largest absolute Gasteiger partial charge is 0.139 e. The zero-order chi connectivity index (χ0) is 22.8. The highest BCUT2D eigenvalue weighted by Gasteiger charge is 2.26. The van der Waals surface area contributed by atoms with Crippen molar-refractivity contribution in [3.05, 3.63) is 76.0 Å². The minimum Gasteiger partial charge on any atom is -0.139 e. The van der Waals surface area contributed by atoms with Gasteiger partial charge in [-0.1, -0.05) is 90.6 Å². The van der Waals surface area contributed by atoms with Crippen molar-refractivity contribution in [1.29, 1.82) is 0 Å². The molecule has 0 amide bonds. The average molecular weight is 449 g/mol. The van der Waals surface area contributed by atoms with Gasteiger partial charge in [-0.15, -0.1) is 22.7 Å². The zero-order valence-electron chi connectivity index (χ0n) is 20.1. The van der Waals surface area contributed by atoms with Crippen LogP contribution in [0.3, 0.4) is 0 Å². The standard InChI is InChI=1S/C29H36S2/c1-9-11-12-16-21-18-24(30-26(21)28(3,4)5)25-19-23(27(31-25)29(6,7)8)22-17-14-13-15-20(22)10-2/h9-11,13-15,17-19H,2,12,16H2,1,3-8H3/b11-9+. The van der Waals surface area contributed by atoms with Gasteiger partial charge in [0.2, 0.25) is 0 Å². The smallest absolute Gasteiger partial charge is 0.0452 e. The second-order valence-electron chi connectivity index (χ2n) is 10.2. The molecule has 0 saturated carbocycles. The van der Waals surface area contributed by atoms with Gasteiger partial charge in [0.1, 0.15) is 0 Å². The fourth-order valence-electron chi connectivity index (χ4n) is 3.97. The van der Waals surface area contributed by atoms with Gasteiger partial charge in [0.25, 0.3) is 0 Å². The molecule has 0 unspecified atom stereocenters. The van der Waals surface area contributed by atoms with Gasteiger partial charge in [-0.2, -0.15) is 0 Å². The molecule has 164 valence electrons. The van der Waals surface area contributed by atoms with Crippen LogP contribution in [0.5, 0.6) is 0 Å². The SMILES string of the molecule is C=Cc1ccccc1-c1cc(-c2cc(CC/C=C/C)c(C(C)(C)C)s2)sc1C(C)(C)C. The molecule has 0 saturated heterocycles. The molecule has 2 aromatic heterocycles. The van der Waals surface area contributed by atoms with E-state index >= 15 is 0 Å². The Morgan fingerprint density at radius 3 is 2.06 bits per heavy atom. The monoisotopic (exact) mass is 448 g/mol. The average Bonchev–Trinajstić information content (AvgIpc) is 3.32. The molecule has 0 atom stereocenters. The fourth-order valence-corrected chi connectivity index (χ4v) is 6.54. The van der Waals surface area contributed by atoms with Crippen LogP contribution in [0.2, 0.25) is 0 Å². The van der Waals surface area contributed by atoms with Gasteiger partial charge >= 0.3 is 0 Å². The summed E-state index contributed by atoms with van der Waals surface area (Å²) in [5.41, 5.74) is 5.59. The van der Waals surface area contributed by atoms with Crippen LogP contribution < -0.4 is 0 Å². The van der Waals surface area contributed by atoms with Crippen LogP contribution >= 0.6 is 22.7 Å². The highest BCUT2D eigenvalue weighted by molar-refractivity contribution is 7.22. The van der Waals surface area contributed by atoms with Crippen molar-refractivity contribution in [2.24, 2.45) is 0 Å². The second-order valence-corrected chi connectivity index (χ2v) is 12.3. The highest BCUT2D eigenvalue weighted by Crippen LogP contribution is 2.47. The van der Waals surface area contributed by atoms with Crippen molar-refractivity contribution in [2.75, 3.05) is 0 Å². The molecule has 0 bridgehead atoms. The Bertz CT molecular complexity index is 1070. The van der Waals surface area contributed by atoms with Crippen molar-refractivity contribution in [3.63, 3.8) is 0 Å². The van der Waals surface area contributed by atoms with E-state index in [0.717, 1.165) is 12.8 Å². The van der Waals surface area contributed by atoms with E-state index in [-0.39, 0.29) is 10.8 Å². The van der Waals surface area contributed by atoms with Crippen LogP contribution in [0.4, 0.5) is 0 Å². The Hall–Kier alpha value is -1.90. The lowest BCUT2D eigenvalue weighted by molar-refractivity contribution is 0.596. The molecule has 0 spiro atoms. The summed E-state index contributed by atoms with van der Waals surface area (Å²) in [5.74, 6) is 0. The lowest BCUT2D eigenvalue weighted by Crippen LogP contribution is -2.11. The number of aryl methyl sites for hydroxylation is 1. The van der Waals surface area contributed by atoms with Gasteiger partial charge in [-0.3, -0.25) is 0 Å². The molecule has 0 aliphatic heterocycles. The second kappa shape index (κ2) is 9.30. The molecule has 0 fully saturated rings. The van der Waals surface area contributed by atoms with Crippen molar-refractivity contribution >= 4 is 28.7 Å². The Balaban J connectivity index is 2.16.